The van der Waals surface area contributed by atoms with Gasteiger partial charge in [0.25, 0.3) is 0 Å². The van der Waals surface area contributed by atoms with Crippen LogP contribution < -0.4 is 10.6 Å². The highest BCUT2D eigenvalue weighted by atomic mass is 127. The van der Waals surface area contributed by atoms with E-state index in [1.165, 1.54) is 32.4 Å². The van der Waals surface area contributed by atoms with Crippen molar-refractivity contribution in [3.8, 4) is 0 Å². The van der Waals surface area contributed by atoms with E-state index in [9.17, 15) is 0 Å². The predicted octanol–water partition coefficient (Wildman–Crippen LogP) is 0.883. The fraction of sp³-hybridized carbons (Fsp3) is 0.909. The van der Waals surface area contributed by atoms with Crippen LogP contribution in [0.3, 0.4) is 0 Å². The Balaban J connectivity index is 0.00000128. The second-order valence-corrected chi connectivity index (χ2v) is 4.58. The first-order valence-corrected chi connectivity index (χ1v) is 5.96. The molecule has 0 aromatic carbocycles. The molecule has 0 bridgehead atoms. The molecule has 2 rings (SSSR count). The molecule has 1 aliphatic heterocycles. The van der Waals surface area contributed by atoms with Gasteiger partial charge in [-0.15, -0.1) is 24.0 Å². The third-order valence-corrected chi connectivity index (χ3v) is 3.40. The van der Waals surface area contributed by atoms with Crippen LogP contribution in [-0.2, 0) is 0 Å². The second-order valence-electron chi connectivity index (χ2n) is 4.58. The van der Waals surface area contributed by atoms with Crippen LogP contribution in [-0.4, -0.2) is 50.6 Å². The lowest BCUT2D eigenvalue weighted by atomic mass is 10.1. The van der Waals surface area contributed by atoms with Gasteiger partial charge in [-0.25, -0.2) is 0 Å². The van der Waals surface area contributed by atoms with Gasteiger partial charge in [-0.2, -0.15) is 0 Å². The quantitative estimate of drug-likeness (QED) is 0.456. The summed E-state index contributed by atoms with van der Waals surface area (Å²) in [6.45, 7) is 3.63. The normalized spacial score (nSPS) is 26.4. The fourth-order valence-corrected chi connectivity index (χ4v) is 2.32. The lowest BCUT2D eigenvalue weighted by Gasteiger charge is -2.16. The molecule has 16 heavy (non-hydrogen) atoms. The molecule has 1 atom stereocenters. The van der Waals surface area contributed by atoms with Crippen LogP contribution in [0.25, 0.3) is 0 Å². The largest absolute Gasteiger partial charge is 0.359 e. The Labute approximate surface area is 115 Å². The Bertz CT molecular complexity index is 240. The molecule has 1 aliphatic carbocycles. The van der Waals surface area contributed by atoms with E-state index in [0.29, 0.717) is 0 Å². The third kappa shape index (κ3) is 3.76. The van der Waals surface area contributed by atoms with Crippen molar-refractivity contribution >= 4 is 29.9 Å². The first-order chi connectivity index (χ1) is 7.33. The van der Waals surface area contributed by atoms with Crippen LogP contribution in [0.1, 0.15) is 19.3 Å². The van der Waals surface area contributed by atoms with Gasteiger partial charge in [0, 0.05) is 33.2 Å². The first kappa shape index (κ1) is 14.0. The summed E-state index contributed by atoms with van der Waals surface area (Å²) in [7, 11) is 3.71. The minimum Gasteiger partial charge on any atom is -0.359 e. The van der Waals surface area contributed by atoms with Gasteiger partial charge in [-0.1, -0.05) is 0 Å². The zero-order chi connectivity index (χ0) is 10.7. The molecule has 1 saturated carbocycles. The molecule has 2 N–H and O–H groups in total. The molecule has 94 valence electrons. The summed E-state index contributed by atoms with van der Waals surface area (Å²) in [6, 6.07) is 0.929. The zero-order valence-corrected chi connectivity index (χ0v) is 12.5. The van der Waals surface area contributed by atoms with Crippen LogP contribution in [0, 0.1) is 5.92 Å². The predicted molar refractivity (Wildman–Crippen MR) is 78.5 cm³/mol. The van der Waals surface area contributed by atoms with Gasteiger partial charge in [-0.3, -0.25) is 4.99 Å². The van der Waals surface area contributed by atoms with Crippen LogP contribution in [0.15, 0.2) is 4.99 Å². The van der Waals surface area contributed by atoms with E-state index >= 15 is 0 Å². The van der Waals surface area contributed by atoms with E-state index in [0.717, 1.165) is 24.5 Å². The molecule has 0 aromatic heterocycles. The summed E-state index contributed by atoms with van der Waals surface area (Å²) in [4.78, 5) is 6.76. The Kier molecular flexibility index (Phi) is 5.82. The van der Waals surface area contributed by atoms with Crippen LogP contribution in [0.5, 0.6) is 0 Å². The molecule has 1 unspecified atom stereocenters. The summed E-state index contributed by atoms with van der Waals surface area (Å²) < 4.78 is 0. The zero-order valence-electron chi connectivity index (χ0n) is 10.2. The maximum atomic E-state index is 4.11. The summed E-state index contributed by atoms with van der Waals surface area (Å²) in [5.41, 5.74) is 0. The molecule has 0 radical (unpaired) electrons. The molecule has 5 heteroatoms. The van der Waals surface area contributed by atoms with Crippen molar-refractivity contribution in [1.29, 1.82) is 0 Å². The highest BCUT2D eigenvalue weighted by Gasteiger charge is 2.34. The number of aliphatic imine (C=N–C) groups is 1. The van der Waals surface area contributed by atoms with Gasteiger partial charge in [0.1, 0.15) is 0 Å². The van der Waals surface area contributed by atoms with Gasteiger partial charge in [0.15, 0.2) is 5.96 Å². The van der Waals surface area contributed by atoms with E-state index in [1.54, 1.807) is 0 Å². The Morgan fingerprint density at radius 2 is 2.12 bits per heavy atom. The number of nitrogens with one attached hydrogen (secondary N) is 2. The van der Waals surface area contributed by atoms with Crippen molar-refractivity contribution in [2.75, 3.05) is 33.7 Å². The van der Waals surface area contributed by atoms with Crippen molar-refractivity contribution in [3.05, 3.63) is 0 Å². The molecule has 4 nitrogen and oxygen atoms in total. The minimum absolute atomic E-state index is 0. The van der Waals surface area contributed by atoms with Gasteiger partial charge in [0.05, 0.1) is 0 Å². The smallest absolute Gasteiger partial charge is 0.190 e. The number of guanidine groups is 1. The molecule has 1 saturated heterocycles. The SMILES string of the molecule is CN=C(NC)NCC1CCN(C2CC2)C1.I. The van der Waals surface area contributed by atoms with Gasteiger partial charge in [-0.05, 0) is 31.7 Å². The monoisotopic (exact) mass is 338 g/mol. The van der Waals surface area contributed by atoms with E-state index in [4.69, 9.17) is 0 Å². The molecule has 2 aliphatic rings. The van der Waals surface area contributed by atoms with Gasteiger partial charge in [0.2, 0.25) is 0 Å². The van der Waals surface area contributed by atoms with Crippen LogP contribution in [0.2, 0.25) is 0 Å². The maximum absolute atomic E-state index is 4.11. The highest BCUT2D eigenvalue weighted by molar-refractivity contribution is 14.0. The van der Waals surface area contributed by atoms with Gasteiger partial charge >= 0.3 is 0 Å². The van der Waals surface area contributed by atoms with Crippen molar-refractivity contribution in [2.45, 2.75) is 25.3 Å². The number of nitrogens with zero attached hydrogens (tertiary/aromatic N) is 2. The average Bonchev–Trinajstić information content (AvgIpc) is 3.01. The van der Waals surface area contributed by atoms with Crippen molar-refractivity contribution in [3.63, 3.8) is 0 Å². The summed E-state index contributed by atoms with van der Waals surface area (Å²) in [5.74, 6) is 1.70. The average molecular weight is 338 g/mol. The van der Waals surface area contributed by atoms with Crippen molar-refractivity contribution in [1.82, 2.24) is 15.5 Å². The molecule has 2 fully saturated rings. The molecule has 0 aromatic rings. The van der Waals surface area contributed by atoms with Crippen LogP contribution >= 0.6 is 24.0 Å². The number of rotatable bonds is 3. The third-order valence-electron chi connectivity index (χ3n) is 3.40. The number of likely N-dealkylation sites (tertiary alicyclic amines) is 1. The Morgan fingerprint density at radius 3 is 2.69 bits per heavy atom. The first-order valence-electron chi connectivity index (χ1n) is 5.96. The summed E-state index contributed by atoms with van der Waals surface area (Å²) in [6.07, 6.45) is 4.20. The molecule has 0 amide bonds. The lowest BCUT2D eigenvalue weighted by Crippen LogP contribution is -2.38. The fourth-order valence-electron chi connectivity index (χ4n) is 2.32. The molecular weight excluding hydrogens is 315 g/mol. The van der Waals surface area contributed by atoms with Gasteiger partial charge < -0.3 is 15.5 Å². The number of halogens is 1. The van der Waals surface area contributed by atoms with Crippen molar-refractivity contribution in [2.24, 2.45) is 10.9 Å². The topological polar surface area (TPSA) is 39.7 Å². The van der Waals surface area contributed by atoms with Crippen molar-refractivity contribution < 1.29 is 0 Å². The standard InChI is InChI=1S/C11H22N4.HI/c1-12-11(13-2)14-7-9-5-6-15(8-9)10-3-4-10;/h9-10H,3-8H2,1-2H3,(H2,12,13,14);1H. The summed E-state index contributed by atoms with van der Waals surface area (Å²) in [5, 5.41) is 6.40. The minimum atomic E-state index is 0. The number of hydrogen-bond acceptors (Lipinski definition) is 2. The second kappa shape index (κ2) is 6.64. The summed E-state index contributed by atoms with van der Waals surface area (Å²) >= 11 is 0. The number of hydrogen-bond donors (Lipinski definition) is 2. The molecule has 0 spiro atoms. The van der Waals surface area contributed by atoms with E-state index in [-0.39, 0.29) is 24.0 Å². The van der Waals surface area contributed by atoms with E-state index in [2.05, 4.69) is 20.5 Å². The van der Waals surface area contributed by atoms with E-state index in [1.807, 2.05) is 14.1 Å². The molecular formula is C11H23IN4. The lowest BCUT2D eigenvalue weighted by molar-refractivity contribution is 0.314. The maximum Gasteiger partial charge on any atom is 0.190 e. The van der Waals surface area contributed by atoms with Crippen LogP contribution in [0.4, 0.5) is 0 Å². The Hall–Kier alpha value is -0.0400. The molecule has 1 heterocycles. The Morgan fingerprint density at radius 1 is 1.38 bits per heavy atom. The highest BCUT2D eigenvalue weighted by Crippen LogP contribution is 2.31. The van der Waals surface area contributed by atoms with E-state index < -0.39 is 0 Å².